The van der Waals surface area contributed by atoms with Crippen molar-refractivity contribution in [2.75, 3.05) is 6.61 Å². The number of nitrogens with zero attached hydrogens (tertiary/aromatic N) is 3. The first kappa shape index (κ1) is 23.4. The van der Waals surface area contributed by atoms with Crippen LogP contribution >= 0.6 is 0 Å². The van der Waals surface area contributed by atoms with Gasteiger partial charge in [-0.15, -0.1) is 0 Å². The number of carbonyl (C=O) groups is 1. The predicted octanol–water partition coefficient (Wildman–Crippen LogP) is 6.14. The summed E-state index contributed by atoms with van der Waals surface area (Å²) in [4.78, 5) is 17.7. The third-order valence-corrected chi connectivity index (χ3v) is 5.87. The summed E-state index contributed by atoms with van der Waals surface area (Å²) in [5.41, 5.74) is 3.72. The quantitative estimate of drug-likeness (QED) is 0.236. The number of aryl methyl sites for hydroxylation is 3. The van der Waals surface area contributed by atoms with Gasteiger partial charge in [0.25, 0.3) is 0 Å². The molecule has 0 saturated carbocycles. The number of para-hydroxylation sites is 1. The summed E-state index contributed by atoms with van der Waals surface area (Å²) in [7, 11) is 0. The molecule has 0 saturated heterocycles. The van der Waals surface area contributed by atoms with E-state index in [1.54, 1.807) is 13.2 Å². The predicted molar refractivity (Wildman–Crippen MR) is 136 cm³/mol. The van der Waals surface area contributed by atoms with Gasteiger partial charge in [0, 0.05) is 12.1 Å². The molecule has 182 valence electrons. The Balaban J connectivity index is 1.44. The van der Waals surface area contributed by atoms with Gasteiger partial charge in [-0.1, -0.05) is 30.3 Å². The van der Waals surface area contributed by atoms with Gasteiger partial charge < -0.3 is 13.9 Å². The molecule has 3 heterocycles. The first-order valence-electron chi connectivity index (χ1n) is 12.0. The molecule has 0 N–H and O–H groups in total. The molecule has 3 aromatic heterocycles. The van der Waals surface area contributed by atoms with Gasteiger partial charge >= 0.3 is 5.97 Å². The fourth-order valence-electron chi connectivity index (χ4n) is 4.18. The lowest BCUT2D eigenvalue weighted by molar-refractivity contribution is 0.0528. The molecule has 0 atom stereocenters. The van der Waals surface area contributed by atoms with E-state index in [4.69, 9.17) is 24.0 Å². The molecule has 0 aliphatic carbocycles. The van der Waals surface area contributed by atoms with Crippen LogP contribution in [0.4, 0.5) is 0 Å². The molecule has 0 bridgehead atoms. The number of rotatable bonds is 9. The van der Waals surface area contributed by atoms with Gasteiger partial charge in [-0.25, -0.2) is 14.5 Å². The smallest absolute Gasteiger partial charge is 0.339 e. The van der Waals surface area contributed by atoms with Crippen molar-refractivity contribution in [1.29, 1.82) is 0 Å². The lowest BCUT2D eigenvalue weighted by Crippen LogP contribution is -2.09. The molecule has 0 unspecified atom stereocenters. The van der Waals surface area contributed by atoms with Crippen molar-refractivity contribution in [2.24, 2.45) is 0 Å². The third kappa shape index (κ3) is 5.15. The first-order valence-corrected chi connectivity index (χ1v) is 12.0. The Morgan fingerprint density at radius 3 is 2.47 bits per heavy atom. The Labute approximate surface area is 209 Å². The molecular formula is C29H27N3O4. The highest BCUT2D eigenvalue weighted by Gasteiger charge is 2.21. The average molecular weight is 482 g/mol. The van der Waals surface area contributed by atoms with E-state index < -0.39 is 0 Å². The summed E-state index contributed by atoms with van der Waals surface area (Å²) in [6, 6.07) is 23.2. The number of ether oxygens (including phenoxy) is 2. The van der Waals surface area contributed by atoms with Crippen LogP contribution in [0.3, 0.4) is 0 Å². The summed E-state index contributed by atoms with van der Waals surface area (Å²) in [5, 5.41) is 5.45. The van der Waals surface area contributed by atoms with Crippen LogP contribution in [0, 0.1) is 6.92 Å². The van der Waals surface area contributed by atoms with E-state index in [0.29, 0.717) is 37.2 Å². The third-order valence-electron chi connectivity index (χ3n) is 5.87. The zero-order valence-corrected chi connectivity index (χ0v) is 20.3. The van der Waals surface area contributed by atoms with Crippen LogP contribution < -0.4 is 4.74 Å². The molecule has 7 nitrogen and oxygen atoms in total. The second-order valence-electron chi connectivity index (χ2n) is 8.46. The van der Waals surface area contributed by atoms with Crippen molar-refractivity contribution >= 4 is 17.0 Å². The number of hydrogen-bond acceptors (Lipinski definition) is 6. The van der Waals surface area contributed by atoms with Crippen LogP contribution in [0.5, 0.6) is 11.5 Å². The second-order valence-corrected chi connectivity index (χ2v) is 8.46. The molecule has 0 radical (unpaired) electrons. The first-order chi connectivity index (χ1) is 17.6. The van der Waals surface area contributed by atoms with Crippen molar-refractivity contribution in [3.05, 3.63) is 107 Å². The van der Waals surface area contributed by atoms with E-state index in [-0.39, 0.29) is 5.97 Å². The Bertz CT molecular complexity index is 1460. The molecular weight excluding hydrogens is 454 g/mol. The van der Waals surface area contributed by atoms with Gasteiger partial charge in [0.05, 0.1) is 36.1 Å². The minimum atomic E-state index is -0.366. The zero-order valence-electron chi connectivity index (χ0n) is 20.3. The fraction of sp³-hybridized carbons (Fsp3) is 0.207. The number of furan rings is 1. The van der Waals surface area contributed by atoms with E-state index in [0.717, 1.165) is 39.6 Å². The van der Waals surface area contributed by atoms with Crippen molar-refractivity contribution in [2.45, 2.75) is 33.2 Å². The van der Waals surface area contributed by atoms with Crippen LogP contribution in [-0.2, 0) is 24.1 Å². The monoisotopic (exact) mass is 481 g/mol. The molecule has 0 aliphatic rings. The fourth-order valence-corrected chi connectivity index (χ4v) is 4.18. The number of esters is 1. The lowest BCUT2D eigenvalue weighted by Gasteiger charge is -2.09. The van der Waals surface area contributed by atoms with Crippen LogP contribution in [-0.4, -0.2) is 27.3 Å². The summed E-state index contributed by atoms with van der Waals surface area (Å²) in [6.07, 6.45) is 2.97. The van der Waals surface area contributed by atoms with Crippen LogP contribution in [0.15, 0.2) is 83.5 Å². The highest BCUT2D eigenvalue weighted by molar-refractivity contribution is 6.03. The van der Waals surface area contributed by atoms with Gasteiger partial charge in [0.2, 0.25) is 0 Å². The Morgan fingerprint density at radius 2 is 1.75 bits per heavy atom. The summed E-state index contributed by atoms with van der Waals surface area (Å²) in [6.45, 7) is 4.50. The number of pyridine rings is 1. The van der Waals surface area contributed by atoms with Crippen molar-refractivity contribution in [1.82, 2.24) is 14.8 Å². The van der Waals surface area contributed by atoms with Crippen molar-refractivity contribution in [3.8, 4) is 11.5 Å². The normalized spacial score (nSPS) is 11.1. The maximum absolute atomic E-state index is 12.8. The van der Waals surface area contributed by atoms with Gasteiger partial charge in [0.1, 0.15) is 17.3 Å². The number of fused-ring (bicyclic) bond motifs is 1. The SMILES string of the molecule is CCOC(=O)c1cc(CCc2ccco2)nc2c1c(C)nn2Cc1ccc(Oc2ccccc2)cc1. The summed E-state index contributed by atoms with van der Waals surface area (Å²) < 4.78 is 18.6. The molecule has 0 amide bonds. The molecule has 7 heteroatoms. The van der Waals surface area contributed by atoms with E-state index in [2.05, 4.69) is 0 Å². The number of carbonyl (C=O) groups excluding carboxylic acids is 1. The lowest BCUT2D eigenvalue weighted by atomic mass is 10.1. The maximum Gasteiger partial charge on any atom is 0.339 e. The highest BCUT2D eigenvalue weighted by atomic mass is 16.5. The standard InChI is InChI=1S/C29H27N3O4/c1-3-34-29(33)26-18-22(13-16-23-10-7-17-35-23)30-28-27(26)20(2)31-32(28)19-21-11-14-25(15-12-21)36-24-8-5-4-6-9-24/h4-12,14-15,17-18H,3,13,16,19H2,1-2H3. The van der Waals surface area contributed by atoms with Crippen LogP contribution in [0.25, 0.3) is 11.0 Å². The van der Waals surface area contributed by atoms with Crippen molar-refractivity contribution in [3.63, 3.8) is 0 Å². The summed E-state index contributed by atoms with van der Waals surface area (Å²) >= 11 is 0. The van der Waals surface area contributed by atoms with Gasteiger partial charge in [0.15, 0.2) is 5.65 Å². The Kier molecular flexibility index (Phi) is 6.80. The summed E-state index contributed by atoms with van der Waals surface area (Å²) in [5.74, 6) is 2.05. The molecule has 0 fully saturated rings. The minimum absolute atomic E-state index is 0.301. The number of hydrogen-bond donors (Lipinski definition) is 0. The topological polar surface area (TPSA) is 79.4 Å². The average Bonchev–Trinajstić information content (AvgIpc) is 3.52. The molecule has 0 spiro atoms. The highest BCUT2D eigenvalue weighted by Crippen LogP contribution is 2.26. The van der Waals surface area contributed by atoms with E-state index >= 15 is 0 Å². The van der Waals surface area contributed by atoms with E-state index in [1.807, 2.05) is 84.4 Å². The van der Waals surface area contributed by atoms with Gasteiger partial charge in [-0.2, -0.15) is 5.10 Å². The molecule has 5 rings (SSSR count). The van der Waals surface area contributed by atoms with Crippen LogP contribution in [0.1, 0.15) is 40.0 Å². The second kappa shape index (κ2) is 10.5. The molecule has 36 heavy (non-hydrogen) atoms. The number of benzene rings is 2. The molecule has 5 aromatic rings. The number of aromatic nitrogens is 3. The van der Waals surface area contributed by atoms with Gasteiger partial charge in [-0.05, 0) is 68.3 Å². The zero-order chi connectivity index (χ0) is 24.9. The Hall–Kier alpha value is -4.39. The van der Waals surface area contributed by atoms with Crippen LogP contribution in [0.2, 0.25) is 0 Å². The molecule has 2 aromatic carbocycles. The minimum Gasteiger partial charge on any atom is -0.469 e. The van der Waals surface area contributed by atoms with E-state index in [9.17, 15) is 4.79 Å². The maximum atomic E-state index is 12.8. The van der Waals surface area contributed by atoms with Crippen molar-refractivity contribution < 1.29 is 18.7 Å². The Morgan fingerprint density at radius 1 is 0.972 bits per heavy atom. The van der Waals surface area contributed by atoms with E-state index in [1.165, 1.54) is 0 Å². The van der Waals surface area contributed by atoms with Gasteiger partial charge in [-0.3, -0.25) is 0 Å². The largest absolute Gasteiger partial charge is 0.469 e. The molecule has 0 aliphatic heterocycles.